The van der Waals surface area contributed by atoms with E-state index in [1.54, 1.807) is 0 Å². The minimum absolute atomic E-state index is 0.367. The van der Waals surface area contributed by atoms with Gasteiger partial charge in [-0.05, 0) is 25.5 Å². The highest BCUT2D eigenvalue weighted by Crippen LogP contribution is 2.25. The van der Waals surface area contributed by atoms with Gasteiger partial charge in [-0.25, -0.2) is 9.37 Å². The van der Waals surface area contributed by atoms with Crippen LogP contribution in [0.2, 0.25) is 0 Å². The SMILES string of the molecule is CCc1nc(NC(=O)c2c(O)cccc2F)sc1C. The first-order valence-electron chi connectivity index (χ1n) is 5.78. The highest BCUT2D eigenvalue weighted by Gasteiger charge is 2.18. The van der Waals surface area contributed by atoms with Crippen LogP contribution in [0.25, 0.3) is 0 Å². The summed E-state index contributed by atoms with van der Waals surface area (Å²) in [6.07, 6.45) is 0.767. The van der Waals surface area contributed by atoms with Crippen LogP contribution < -0.4 is 5.32 Å². The predicted molar refractivity (Wildman–Crippen MR) is 72.2 cm³/mol. The summed E-state index contributed by atoms with van der Waals surface area (Å²) in [5.74, 6) is -1.85. The van der Waals surface area contributed by atoms with Crippen molar-refractivity contribution in [3.05, 3.63) is 40.2 Å². The van der Waals surface area contributed by atoms with Crippen molar-refractivity contribution in [3.8, 4) is 5.75 Å². The topological polar surface area (TPSA) is 62.2 Å². The number of phenolic OH excluding ortho intramolecular Hbond substituents is 1. The molecule has 0 saturated carbocycles. The van der Waals surface area contributed by atoms with Gasteiger partial charge in [-0.2, -0.15) is 0 Å². The van der Waals surface area contributed by atoms with Crippen LogP contribution in [-0.2, 0) is 6.42 Å². The molecule has 2 rings (SSSR count). The number of phenols is 1. The first-order chi connectivity index (χ1) is 9.02. The lowest BCUT2D eigenvalue weighted by molar-refractivity contribution is 0.102. The number of nitrogens with one attached hydrogen (secondary N) is 1. The van der Waals surface area contributed by atoms with Gasteiger partial charge in [-0.15, -0.1) is 11.3 Å². The summed E-state index contributed by atoms with van der Waals surface area (Å²) >= 11 is 1.33. The summed E-state index contributed by atoms with van der Waals surface area (Å²) in [5.41, 5.74) is 0.534. The fourth-order valence-electron chi connectivity index (χ4n) is 1.71. The van der Waals surface area contributed by atoms with Crippen LogP contribution in [0, 0.1) is 12.7 Å². The average Bonchev–Trinajstić information content (AvgIpc) is 2.69. The Bertz CT molecular complexity index is 605. The van der Waals surface area contributed by atoms with Crippen molar-refractivity contribution >= 4 is 22.4 Å². The van der Waals surface area contributed by atoms with Gasteiger partial charge < -0.3 is 5.11 Å². The number of carbonyl (C=O) groups excluding carboxylic acids is 1. The monoisotopic (exact) mass is 280 g/mol. The van der Waals surface area contributed by atoms with Gasteiger partial charge in [0.2, 0.25) is 0 Å². The molecule has 100 valence electrons. The van der Waals surface area contributed by atoms with Crippen LogP contribution in [0.1, 0.15) is 27.9 Å². The summed E-state index contributed by atoms with van der Waals surface area (Å²) in [6.45, 7) is 3.88. The standard InChI is InChI=1S/C13H13FN2O2S/c1-3-9-7(2)19-13(15-9)16-12(18)11-8(14)5-4-6-10(11)17/h4-6,17H,3H2,1-2H3,(H,15,16,18). The van der Waals surface area contributed by atoms with Crippen LogP contribution in [0.15, 0.2) is 18.2 Å². The molecule has 1 aromatic carbocycles. The van der Waals surface area contributed by atoms with E-state index >= 15 is 0 Å². The molecular weight excluding hydrogens is 267 g/mol. The molecule has 2 N–H and O–H groups in total. The number of hydrogen-bond donors (Lipinski definition) is 2. The third kappa shape index (κ3) is 2.73. The highest BCUT2D eigenvalue weighted by molar-refractivity contribution is 7.15. The second kappa shape index (κ2) is 5.36. The maximum absolute atomic E-state index is 13.5. The van der Waals surface area contributed by atoms with Crippen LogP contribution >= 0.6 is 11.3 Å². The van der Waals surface area contributed by atoms with Crippen LogP contribution in [0.4, 0.5) is 9.52 Å². The average molecular weight is 280 g/mol. The normalized spacial score (nSPS) is 10.5. The maximum atomic E-state index is 13.5. The number of thiazole rings is 1. The molecule has 1 amide bonds. The fourth-order valence-corrected chi connectivity index (χ4v) is 2.60. The third-order valence-electron chi connectivity index (χ3n) is 2.67. The predicted octanol–water partition coefficient (Wildman–Crippen LogP) is 3.11. The lowest BCUT2D eigenvalue weighted by Crippen LogP contribution is -2.13. The van der Waals surface area contributed by atoms with Crippen molar-refractivity contribution < 1.29 is 14.3 Å². The quantitative estimate of drug-likeness (QED) is 0.908. The van der Waals surface area contributed by atoms with E-state index in [9.17, 15) is 14.3 Å². The zero-order valence-electron chi connectivity index (χ0n) is 10.5. The second-order valence-electron chi connectivity index (χ2n) is 3.96. The van der Waals surface area contributed by atoms with E-state index in [4.69, 9.17) is 0 Å². The Morgan fingerprint density at radius 1 is 1.53 bits per heavy atom. The third-order valence-corrected chi connectivity index (χ3v) is 3.60. The Morgan fingerprint density at radius 3 is 2.84 bits per heavy atom. The molecule has 19 heavy (non-hydrogen) atoms. The summed E-state index contributed by atoms with van der Waals surface area (Å²) in [5, 5.41) is 12.4. The molecule has 6 heteroatoms. The molecule has 0 fully saturated rings. The van der Waals surface area contributed by atoms with E-state index in [1.807, 2.05) is 13.8 Å². The van der Waals surface area contributed by atoms with E-state index < -0.39 is 11.7 Å². The zero-order chi connectivity index (χ0) is 14.0. The molecule has 4 nitrogen and oxygen atoms in total. The molecule has 0 aliphatic heterocycles. The van der Waals surface area contributed by atoms with E-state index in [-0.39, 0.29) is 11.3 Å². The van der Waals surface area contributed by atoms with E-state index in [0.29, 0.717) is 5.13 Å². The van der Waals surface area contributed by atoms with E-state index in [0.717, 1.165) is 23.1 Å². The number of nitrogens with zero attached hydrogens (tertiary/aromatic N) is 1. The highest BCUT2D eigenvalue weighted by atomic mass is 32.1. The number of hydrogen-bond acceptors (Lipinski definition) is 4. The van der Waals surface area contributed by atoms with Crippen molar-refractivity contribution in [2.75, 3.05) is 5.32 Å². The van der Waals surface area contributed by atoms with Gasteiger partial charge in [-0.3, -0.25) is 10.1 Å². The Morgan fingerprint density at radius 2 is 2.26 bits per heavy atom. The van der Waals surface area contributed by atoms with Crippen molar-refractivity contribution in [1.82, 2.24) is 4.98 Å². The number of aryl methyl sites for hydroxylation is 2. The van der Waals surface area contributed by atoms with Crippen molar-refractivity contribution in [1.29, 1.82) is 0 Å². The Kier molecular flexibility index (Phi) is 3.80. The van der Waals surface area contributed by atoms with Crippen molar-refractivity contribution in [2.45, 2.75) is 20.3 Å². The van der Waals surface area contributed by atoms with Gasteiger partial charge in [0.25, 0.3) is 5.91 Å². The maximum Gasteiger partial charge on any atom is 0.264 e. The lowest BCUT2D eigenvalue weighted by atomic mass is 10.2. The number of halogens is 1. The summed E-state index contributed by atoms with van der Waals surface area (Å²) in [6, 6.07) is 3.73. The molecule has 0 bridgehead atoms. The molecule has 0 saturated heterocycles. The van der Waals surface area contributed by atoms with Crippen LogP contribution in [-0.4, -0.2) is 16.0 Å². The molecule has 0 spiro atoms. The summed E-state index contributed by atoms with van der Waals surface area (Å²) in [4.78, 5) is 17.2. The Labute approximate surface area is 113 Å². The van der Waals surface area contributed by atoms with Gasteiger partial charge in [-0.1, -0.05) is 13.0 Å². The number of aromatic hydroxyl groups is 1. The first kappa shape index (κ1) is 13.5. The Balaban J connectivity index is 2.25. The molecule has 1 heterocycles. The number of anilines is 1. The largest absolute Gasteiger partial charge is 0.507 e. The molecule has 0 radical (unpaired) electrons. The van der Waals surface area contributed by atoms with Gasteiger partial charge in [0.05, 0.1) is 5.69 Å². The van der Waals surface area contributed by atoms with E-state index in [1.165, 1.54) is 23.5 Å². The minimum atomic E-state index is -0.763. The number of amides is 1. The fraction of sp³-hybridized carbons (Fsp3) is 0.231. The zero-order valence-corrected chi connectivity index (χ0v) is 11.3. The van der Waals surface area contributed by atoms with Crippen molar-refractivity contribution in [2.24, 2.45) is 0 Å². The van der Waals surface area contributed by atoms with Gasteiger partial charge in [0, 0.05) is 4.88 Å². The summed E-state index contributed by atoms with van der Waals surface area (Å²) in [7, 11) is 0. The van der Waals surface area contributed by atoms with Gasteiger partial charge >= 0.3 is 0 Å². The van der Waals surface area contributed by atoms with Gasteiger partial charge in [0.15, 0.2) is 5.13 Å². The minimum Gasteiger partial charge on any atom is -0.507 e. The summed E-state index contributed by atoms with van der Waals surface area (Å²) < 4.78 is 13.5. The molecule has 2 aromatic rings. The van der Waals surface area contributed by atoms with Crippen molar-refractivity contribution in [3.63, 3.8) is 0 Å². The van der Waals surface area contributed by atoms with Gasteiger partial charge in [0.1, 0.15) is 17.1 Å². The van der Waals surface area contributed by atoms with Crippen LogP contribution in [0.5, 0.6) is 5.75 Å². The smallest absolute Gasteiger partial charge is 0.264 e. The number of rotatable bonds is 3. The molecule has 0 aliphatic rings. The van der Waals surface area contributed by atoms with E-state index in [2.05, 4.69) is 10.3 Å². The molecule has 0 aliphatic carbocycles. The lowest BCUT2D eigenvalue weighted by Gasteiger charge is -2.05. The number of carbonyl (C=O) groups is 1. The molecule has 0 atom stereocenters. The second-order valence-corrected chi connectivity index (χ2v) is 5.17. The number of aromatic nitrogens is 1. The molecular formula is C13H13FN2O2S. The molecule has 1 aromatic heterocycles. The Hall–Kier alpha value is -1.95. The number of benzene rings is 1. The first-order valence-corrected chi connectivity index (χ1v) is 6.59. The van der Waals surface area contributed by atoms with Crippen LogP contribution in [0.3, 0.4) is 0 Å². The molecule has 0 unspecified atom stereocenters.